The molecule has 3 aliphatic heterocycles. The van der Waals surface area contributed by atoms with Gasteiger partial charge in [0.1, 0.15) is 5.82 Å². The highest BCUT2D eigenvalue weighted by atomic mass is 16.2. The molecule has 6 rings (SSSR count). The predicted molar refractivity (Wildman–Crippen MR) is 156 cm³/mol. The van der Waals surface area contributed by atoms with Crippen molar-refractivity contribution in [3.05, 3.63) is 41.7 Å². The largest absolute Gasteiger partial charge is 0.364 e. The molecule has 1 aliphatic carbocycles. The van der Waals surface area contributed by atoms with Crippen LogP contribution in [0.3, 0.4) is 0 Å². The highest BCUT2D eigenvalue weighted by Gasteiger charge is 2.38. The molecule has 1 aromatic heterocycles. The number of nitrogens with two attached hydrogens (primary N) is 1. The molecule has 41 heavy (non-hydrogen) atoms. The van der Waals surface area contributed by atoms with Gasteiger partial charge in [0, 0.05) is 57.9 Å². The average Bonchev–Trinajstić information content (AvgIpc) is 3.78. The zero-order chi connectivity index (χ0) is 28.7. The number of likely N-dealkylation sites (tertiary alicyclic amines) is 1. The van der Waals surface area contributed by atoms with Gasteiger partial charge in [0.2, 0.25) is 5.91 Å². The molecule has 218 valence electrons. The summed E-state index contributed by atoms with van der Waals surface area (Å²) in [5, 5.41) is 3.27. The number of benzene rings is 1. The van der Waals surface area contributed by atoms with Crippen LogP contribution in [0, 0.1) is 5.92 Å². The van der Waals surface area contributed by atoms with E-state index in [-0.39, 0.29) is 29.1 Å². The maximum atomic E-state index is 12.6. The van der Waals surface area contributed by atoms with Crippen molar-refractivity contribution in [3.63, 3.8) is 0 Å². The Hall–Kier alpha value is -3.89. The number of carbonyl (C=O) groups excluding carboxylic acids is 3. The maximum absolute atomic E-state index is 12.6. The predicted octanol–water partition coefficient (Wildman–Crippen LogP) is 2.95. The first-order valence-electron chi connectivity index (χ1n) is 14.8. The van der Waals surface area contributed by atoms with E-state index in [0.717, 1.165) is 76.9 Å². The summed E-state index contributed by atoms with van der Waals surface area (Å²) in [4.78, 5) is 54.3. The first-order chi connectivity index (χ1) is 19.7. The second kappa shape index (κ2) is 10.8. The Labute approximate surface area is 241 Å². The van der Waals surface area contributed by atoms with E-state index < -0.39 is 5.91 Å². The molecule has 0 spiro atoms. The summed E-state index contributed by atoms with van der Waals surface area (Å²) in [6.45, 7) is 6.82. The minimum atomic E-state index is -0.648. The van der Waals surface area contributed by atoms with Gasteiger partial charge in [-0.1, -0.05) is 19.1 Å². The number of hydrogen-bond donors (Lipinski definition) is 2. The van der Waals surface area contributed by atoms with Crippen LogP contribution in [0.4, 0.5) is 22.1 Å². The molecule has 4 heterocycles. The molecule has 4 fully saturated rings. The van der Waals surface area contributed by atoms with Crippen molar-refractivity contribution in [3.8, 4) is 0 Å². The summed E-state index contributed by atoms with van der Waals surface area (Å²) in [5.74, 6) is 0.922. The number of nitrogens with one attached hydrogen (secondary N) is 1. The highest BCUT2D eigenvalue weighted by Crippen LogP contribution is 2.38. The summed E-state index contributed by atoms with van der Waals surface area (Å²) < 4.78 is 0. The van der Waals surface area contributed by atoms with E-state index >= 15 is 0 Å². The number of aromatic nitrogens is 2. The van der Waals surface area contributed by atoms with E-state index in [1.165, 1.54) is 5.56 Å². The van der Waals surface area contributed by atoms with Crippen LogP contribution in [-0.2, 0) is 10.2 Å². The van der Waals surface area contributed by atoms with Crippen LogP contribution in [0.1, 0.15) is 61.5 Å². The Kier molecular flexibility index (Phi) is 7.21. The number of amides is 4. The topological polar surface area (TPSA) is 128 Å². The SMILES string of the molecule is CN1CCN(C2CCCN(c3cnc(C(N)=O)c(Nc4ccc(C5(C)CCN(C(=O)C6CC6)CC5)cc4)n3)C2)C1=O. The number of urea groups is 1. The highest BCUT2D eigenvalue weighted by molar-refractivity contribution is 5.96. The minimum absolute atomic E-state index is 0.00724. The fraction of sp³-hybridized carbons (Fsp3) is 0.567. The Morgan fingerprint density at radius 1 is 1.02 bits per heavy atom. The number of piperidine rings is 2. The minimum Gasteiger partial charge on any atom is -0.364 e. The smallest absolute Gasteiger partial charge is 0.320 e. The van der Waals surface area contributed by atoms with Gasteiger partial charge in [0.05, 0.1) is 12.2 Å². The van der Waals surface area contributed by atoms with Gasteiger partial charge in [-0.05, 0) is 61.6 Å². The summed E-state index contributed by atoms with van der Waals surface area (Å²) >= 11 is 0. The molecule has 0 radical (unpaired) electrons. The van der Waals surface area contributed by atoms with Crippen LogP contribution in [0.15, 0.2) is 30.5 Å². The lowest BCUT2D eigenvalue weighted by Gasteiger charge is -2.40. The van der Waals surface area contributed by atoms with Gasteiger partial charge in [-0.15, -0.1) is 0 Å². The van der Waals surface area contributed by atoms with Crippen molar-refractivity contribution in [2.75, 3.05) is 56.5 Å². The molecule has 1 atom stereocenters. The molecule has 3 saturated heterocycles. The maximum Gasteiger partial charge on any atom is 0.320 e. The molecule has 2 aromatic rings. The Morgan fingerprint density at radius 2 is 1.76 bits per heavy atom. The third-order valence-corrected chi connectivity index (χ3v) is 9.35. The van der Waals surface area contributed by atoms with Gasteiger partial charge in [-0.3, -0.25) is 9.59 Å². The number of nitrogens with zero attached hydrogens (tertiary/aromatic N) is 6. The lowest BCUT2D eigenvalue weighted by Crippen LogP contribution is -2.49. The number of anilines is 3. The summed E-state index contributed by atoms with van der Waals surface area (Å²) in [5.41, 5.74) is 7.77. The Morgan fingerprint density at radius 3 is 2.39 bits per heavy atom. The molecule has 1 aromatic carbocycles. The molecule has 11 heteroatoms. The lowest BCUT2D eigenvalue weighted by atomic mass is 9.74. The number of primary amides is 1. The van der Waals surface area contributed by atoms with Crippen LogP contribution in [0.5, 0.6) is 0 Å². The monoisotopic (exact) mass is 560 g/mol. The van der Waals surface area contributed by atoms with E-state index in [4.69, 9.17) is 10.7 Å². The first kappa shape index (κ1) is 27.3. The Bertz CT molecular complexity index is 1320. The molecule has 4 aliphatic rings. The van der Waals surface area contributed by atoms with Crippen molar-refractivity contribution in [2.24, 2.45) is 11.7 Å². The van der Waals surface area contributed by atoms with Gasteiger partial charge in [0.25, 0.3) is 5.91 Å². The van der Waals surface area contributed by atoms with Gasteiger partial charge in [-0.2, -0.15) is 0 Å². The molecule has 3 N–H and O–H groups in total. The molecule has 1 saturated carbocycles. The third kappa shape index (κ3) is 5.54. The quantitative estimate of drug-likeness (QED) is 0.533. The van der Waals surface area contributed by atoms with Crippen molar-refractivity contribution >= 4 is 35.2 Å². The van der Waals surface area contributed by atoms with E-state index in [1.807, 2.05) is 29.0 Å². The number of hydrogen-bond acceptors (Lipinski definition) is 7. The second-order valence-electron chi connectivity index (χ2n) is 12.3. The van der Waals surface area contributed by atoms with Gasteiger partial charge >= 0.3 is 6.03 Å². The second-order valence-corrected chi connectivity index (χ2v) is 12.3. The molecular weight excluding hydrogens is 520 g/mol. The first-order valence-corrected chi connectivity index (χ1v) is 14.8. The fourth-order valence-corrected chi connectivity index (χ4v) is 6.41. The normalized spacial score (nSPS) is 22.7. The summed E-state index contributed by atoms with van der Waals surface area (Å²) in [7, 11) is 1.84. The standard InChI is InChI=1S/C30H40N8O3/c1-30(11-14-36(15-12-30)28(40)20-5-6-20)21-7-9-22(10-8-21)33-27-25(26(31)39)32-18-24(34-27)37-13-3-4-23(19-37)38-17-16-35(2)29(38)41/h7-10,18,20,23H,3-6,11-17,19H2,1-2H3,(H2,31,39)(H,33,34). The van der Waals surface area contributed by atoms with Crippen LogP contribution in [-0.4, -0.2) is 94.9 Å². The van der Waals surface area contributed by atoms with Gasteiger partial charge in [0.15, 0.2) is 11.5 Å². The van der Waals surface area contributed by atoms with E-state index in [1.54, 1.807) is 11.1 Å². The molecule has 1 unspecified atom stereocenters. The van der Waals surface area contributed by atoms with Crippen molar-refractivity contribution in [1.82, 2.24) is 24.7 Å². The summed E-state index contributed by atoms with van der Waals surface area (Å²) in [6.07, 6.45) is 7.45. The average molecular weight is 561 g/mol. The molecule has 4 amide bonds. The lowest BCUT2D eigenvalue weighted by molar-refractivity contribution is -0.134. The van der Waals surface area contributed by atoms with E-state index in [2.05, 4.69) is 34.3 Å². The molecule has 0 bridgehead atoms. The van der Waals surface area contributed by atoms with Crippen LogP contribution < -0.4 is 16.0 Å². The molecule has 11 nitrogen and oxygen atoms in total. The van der Waals surface area contributed by atoms with Crippen LogP contribution in [0.25, 0.3) is 0 Å². The zero-order valence-electron chi connectivity index (χ0n) is 24.0. The van der Waals surface area contributed by atoms with Crippen molar-refractivity contribution < 1.29 is 14.4 Å². The zero-order valence-corrected chi connectivity index (χ0v) is 24.0. The van der Waals surface area contributed by atoms with Gasteiger partial charge in [-0.25, -0.2) is 14.8 Å². The Balaban J connectivity index is 1.15. The fourth-order valence-electron chi connectivity index (χ4n) is 6.41. The van der Waals surface area contributed by atoms with E-state index in [0.29, 0.717) is 24.1 Å². The number of likely N-dealkylation sites (N-methyl/N-ethyl adjacent to an activating group) is 1. The number of rotatable bonds is 7. The summed E-state index contributed by atoms with van der Waals surface area (Å²) in [6, 6.07) is 8.40. The van der Waals surface area contributed by atoms with Crippen LogP contribution >= 0.6 is 0 Å². The van der Waals surface area contributed by atoms with Crippen molar-refractivity contribution in [1.29, 1.82) is 0 Å². The van der Waals surface area contributed by atoms with Crippen LogP contribution in [0.2, 0.25) is 0 Å². The third-order valence-electron chi connectivity index (χ3n) is 9.35. The molecular formula is C30H40N8O3. The number of carbonyl (C=O) groups is 3. The van der Waals surface area contributed by atoms with Gasteiger partial charge < -0.3 is 30.7 Å². The van der Waals surface area contributed by atoms with E-state index in [9.17, 15) is 14.4 Å². The van der Waals surface area contributed by atoms with Crippen molar-refractivity contribution in [2.45, 2.75) is 56.9 Å².